The smallest absolute Gasteiger partial charge is 0.118 e. The van der Waals surface area contributed by atoms with E-state index in [-0.39, 0.29) is 0 Å². The second-order valence-corrected chi connectivity index (χ2v) is 6.92. The maximum Gasteiger partial charge on any atom is 0.118 e. The molecule has 1 unspecified atom stereocenters. The van der Waals surface area contributed by atoms with Crippen LogP contribution in [-0.4, -0.2) is 24.7 Å². The maximum atomic E-state index is 5.27. The zero-order valence-corrected chi connectivity index (χ0v) is 15.6. The summed E-state index contributed by atoms with van der Waals surface area (Å²) in [4.78, 5) is 4.47. The molecule has 1 aliphatic rings. The van der Waals surface area contributed by atoms with Crippen molar-refractivity contribution < 1.29 is 4.74 Å². The van der Waals surface area contributed by atoms with Gasteiger partial charge in [0.05, 0.1) is 7.11 Å². The molecule has 3 aromatic rings. The minimum atomic E-state index is 0.417. The van der Waals surface area contributed by atoms with E-state index in [9.17, 15) is 0 Å². The van der Waals surface area contributed by atoms with Crippen molar-refractivity contribution in [2.75, 3.05) is 13.7 Å². The molecule has 1 N–H and O–H groups in total. The Morgan fingerprint density at radius 2 is 1.78 bits per heavy atom. The third-order valence-electron chi connectivity index (χ3n) is 5.07. The number of benzene rings is 2. The molecule has 0 spiro atoms. The van der Waals surface area contributed by atoms with Gasteiger partial charge in [0.2, 0.25) is 0 Å². The lowest BCUT2D eigenvalue weighted by molar-refractivity contribution is 0.414. The maximum absolute atomic E-state index is 5.27. The Bertz CT molecular complexity index is 917. The SMILES string of the molecule is COc1ccc(C2=CCNC(Cc3cncc(-c4ccccc4)c3)C2)cc1. The van der Waals surface area contributed by atoms with Crippen LogP contribution in [0.3, 0.4) is 0 Å². The molecule has 3 nitrogen and oxygen atoms in total. The Labute approximate surface area is 160 Å². The summed E-state index contributed by atoms with van der Waals surface area (Å²) < 4.78 is 5.27. The summed E-state index contributed by atoms with van der Waals surface area (Å²) in [7, 11) is 1.70. The fourth-order valence-corrected chi connectivity index (χ4v) is 3.63. The lowest BCUT2D eigenvalue weighted by Gasteiger charge is -2.25. The second kappa shape index (κ2) is 8.19. The van der Waals surface area contributed by atoms with Crippen LogP contribution in [-0.2, 0) is 6.42 Å². The lowest BCUT2D eigenvalue weighted by atomic mass is 9.92. The van der Waals surface area contributed by atoms with Gasteiger partial charge in [-0.15, -0.1) is 0 Å². The average Bonchev–Trinajstić information content (AvgIpc) is 2.75. The van der Waals surface area contributed by atoms with Gasteiger partial charge >= 0.3 is 0 Å². The molecule has 3 heteroatoms. The van der Waals surface area contributed by atoms with Gasteiger partial charge in [-0.1, -0.05) is 48.5 Å². The molecule has 4 rings (SSSR count). The van der Waals surface area contributed by atoms with Crippen molar-refractivity contribution in [1.29, 1.82) is 0 Å². The van der Waals surface area contributed by atoms with Crippen molar-refractivity contribution in [3.8, 4) is 16.9 Å². The van der Waals surface area contributed by atoms with E-state index >= 15 is 0 Å². The quantitative estimate of drug-likeness (QED) is 0.717. The minimum absolute atomic E-state index is 0.417. The number of pyridine rings is 1. The first-order valence-corrected chi connectivity index (χ1v) is 9.38. The summed E-state index contributed by atoms with van der Waals surface area (Å²) in [5.41, 5.74) is 6.33. The van der Waals surface area contributed by atoms with Crippen molar-refractivity contribution in [1.82, 2.24) is 10.3 Å². The Kier molecular flexibility index (Phi) is 5.31. The molecule has 2 heterocycles. The number of aromatic nitrogens is 1. The molecule has 27 heavy (non-hydrogen) atoms. The molecule has 0 aliphatic carbocycles. The number of nitrogens with zero attached hydrogens (tertiary/aromatic N) is 1. The minimum Gasteiger partial charge on any atom is -0.497 e. The van der Waals surface area contributed by atoms with Crippen LogP contribution in [0.1, 0.15) is 17.5 Å². The average molecular weight is 356 g/mol. The van der Waals surface area contributed by atoms with Gasteiger partial charge in [-0.05, 0) is 53.3 Å². The number of hydrogen-bond acceptors (Lipinski definition) is 3. The monoisotopic (exact) mass is 356 g/mol. The molecule has 136 valence electrons. The van der Waals surface area contributed by atoms with Gasteiger partial charge in [-0.25, -0.2) is 0 Å². The number of rotatable bonds is 5. The van der Waals surface area contributed by atoms with Crippen LogP contribution >= 0.6 is 0 Å². The first-order chi connectivity index (χ1) is 13.3. The van der Waals surface area contributed by atoms with Crippen LogP contribution < -0.4 is 10.1 Å². The van der Waals surface area contributed by atoms with Crippen molar-refractivity contribution in [2.24, 2.45) is 0 Å². The Hall–Kier alpha value is -2.91. The van der Waals surface area contributed by atoms with E-state index < -0.39 is 0 Å². The van der Waals surface area contributed by atoms with Gasteiger partial charge < -0.3 is 10.1 Å². The molecule has 0 fully saturated rings. The summed E-state index contributed by atoms with van der Waals surface area (Å²) in [6, 6.07) is 21.5. The number of methoxy groups -OCH3 is 1. The zero-order valence-electron chi connectivity index (χ0n) is 15.6. The molecule has 0 saturated heterocycles. The molecular weight excluding hydrogens is 332 g/mol. The Balaban J connectivity index is 1.46. The highest BCUT2D eigenvalue weighted by Gasteiger charge is 2.17. The van der Waals surface area contributed by atoms with Crippen LogP contribution in [0.15, 0.2) is 79.1 Å². The number of nitrogens with one attached hydrogen (secondary N) is 1. The lowest BCUT2D eigenvalue weighted by Crippen LogP contribution is -2.34. The van der Waals surface area contributed by atoms with Gasteiger partial charge in [0, 0.05) is 30.5 Å². The molecule has 1 aliphatic heterocycles. The molecule has 0 amide bonds. The van der Waals surface area contributed by atoms with Crippen LogP contribution in [0.2, 0.25) is 0 Å². The van der Waals surface area contributed by atoms with Crippen molar-refractivity contribution >= 4 is 5.57 Å². The largest absolute Gasteiger partial charge is 0.497 e. The third-order valence-corrected chi connectivity index (χ3v) is 5.07. The topological polar surface area (TPSA) is 34.1 Å². The van der Waals surface area contributed by atoms with E-state index in [0.29, 0.717) is 6.04 Å². The normalized spacial score (nSPS) is 16.6. The van der Waals surface area contributed by atoms with E-state index in [1.807, 2.05) is 30.6 Å². The summed E-state index contributed by atoms with van der Waals surface area (Å²) in [6.45, 7) is 0.901. The van der Waals surface area contributed by atoms with Crippen molar-refractivity contribution in [3.63, 3.8) is 0 Å². The highest BCUT2D eigenvalue weighted by Crippen LogP contribution is 2.26. The van der Waals surface area contributed by atoms with Crippen LogP contribution in [0.4, 0.5) is 0 Å². The molecule has 0 saturated carbocycles. The molecule has 1 aromatic heterocycles. The van der Waals surface area contributed by atoms with E-state index in [2.05, 4.69) is 58.8 Å². The summed E-state index contributed by atoms with van der Waals surface area (Å²) in [5.74, 6) is 0.897. The predicted molar refractivity (Wildman–Crippen MR) is 111 cm³/mol. The van der Waals surface area contributed by atoms with E-state index in [0.717, 1.165) is 25.1 Å². The fraction of sp³-hybridized carbons (Fsp3) is 0.208. The van der Waals surface area contributed by atoms with Gasteiger partial charge in [0.1, 0.15) is 5.75 Å². The first kappa shape index (κ1) is 17.5. The Morgan fingerprint density at radius 3 is 2.56 bits per heavy atom. The van der Waals surface area contributed by atoms with E-state index in [4.69, 9.17) is 4.74 Å². The molecule has 1 atom stereocenters. The van der Waals surface area contributed by atoms with Gasteiger partial charge in [0.15, 0.2) is 0 Å². The fourth-order valence-electron chi connectivity index (χ4n) is 3.63. The van der Waals surface area contributed by atoms with Gasteiger partial charge in [-0.2, -0.15) is 0 Å². The second-order valence-electron chi connectivity index (χ2n) is 6.92. The Morgan fingerprint density at radius 1 is 0.963 bits per heavy atom. The van der Waals surface area contributed by atoms with Gasteiger partial charge in [0.25, 0.3) is 0 Å². The summed E-state index contributed by atoms with van der Waals surface area (Å²) in [5, 5.41) is 3.62. The highest BCUT2D eigenvalue weighted by atomic mass is 16.5. The number of ether oxygens (including phenoxy) is 1. The van der Waals surface area contributed by atoms with E-state index in [1.54, 1.807) is 7.11 Å². The highest BCUT2D eigenvalue weighted by molar-refractivity contribution is 5.68. The van der Waals surface area contributed by atoms with E-state index in [1.165, 1.54) is 27.8 Å². The summed E-state index contributed by atoms with van der Waals surface area (Å²) in [6.07, 6.45) is 8.20. The zero-order chi connectivity index (χ0) is 18.5. The molecule has 0 bridgehead atoms. The van der Waals surface area contributed by atoms with Crippen LogP contribution in [0.25, 0.3) is 16.7 Å². The molecule has 2 aromatic carbocycles. The van der Waals surface area contributed by atoms with Gasteiger partial charge in [-0.3, -0.25) is 4.98 Å². The molecule has 0 radical (unpaired) electrons. The summed E-state index contributed by atoms with van der Waals surface area (Å²) >= 11 is 0. The third kappa shape index (κ3) is 4.26. The van der Waals surface area contributed by atoms with Crippen LogP contribution in [0.5, 0.6) is 5.75 Å². The first-order valence-electron chi connectivity index (χ1n) is 9.38. The predicted octanol–water partition coefficient (Wildman–Crippen LogP) is 4.75. The van der Waals surface area contributed by atoms with Crippen molar-refractivity contribution in [2.45, 2.75) is 18.9 Å². The number of hydrogen-bond donors (Lipinski definition) is 1. The van der Waals surface area contributed by atoms with Crippen molar-refractivity contribution in [3.05, 3.63) is 90.3 Å². The molecular formula is C24H24N2O. The standard InChI is InChI=1S/C24H24N2O/c1-27-24-9-7-20(8-10-24)21-11-12-26-23(15-21)14-18-13-22(17-25-16-18)19-5-3-2-4-6-19/h2-11,13,16-17,23,26H,12,14-15H2,1H3. The van der Waals surface area contributed by atoms with Crippen LogP contribution in [0, 0.1) is 0 Å².